The molecule has 0 aliphatic rings. The van der Waals surface area contributed by atoms with Crippen LogP contribution in [0.5, 0.6) is 5.75 Å². The van der Waals surface area contributed by atoms with Gasteiger partial charge in [0.05, 0.1) is 7.11 Å². The topological polar surface area (TPSA) is 56.8 Å². The quantitative estimate of drug-likeness (QED) is 0.659. The maximum atomic E-state index is 12.9. The number of methoxy groups -OCH3 is 1. The molecule has 23 heavy (non-hydrogen) atoms. The lowest BCUT2D eigenvalue weighted by Gasteiger charge is -2.26. The summed E-state index contributed by atoms with van der Waals surface area (Å²) in [6.07, 6.45) is 0. The first-order chi connectivity index (χ1) is 11.0. The van der Waals surface area contributed by atoms with Crippen LogP contribution in [0.3, 0.4) is 0 Å². The standard InChI is InChI=1S/C16H19BrNO4P/c1-20-15-10-8-14(9-11-15)18-16(23(19,21-2)22-3)12-4-6-13(17)7-5-12/h4-11,16,18H,1-3H3/t16-/m0/s1. The summed E-state index contributed by atoms with van der Waals surface area (Å²) in [6, 6.07) is 14.9. The minimum Gasteiger partial charge on any atom is -0.497 e. The lowest BCUT2D eigenvalue weighted by atomic mass is 10.2. The molecule has 0 saturated heterocycles. The number of benzene rings is 2. The molecule has 0 aromatic heterocycles. The van der Waals surface area contributed by atoms with Gasteiger partial charge in [-0.3, -0.25) is 4.57 Å². The minimum atomic E-state index is -3.37. The average molecular weight is 400 g/mol. The Balaban J connectivity index is 2.36. The lowest BCUT2D eigenvalue weighted by Crippen LogP contribution is -2.13. The SMILES string of the molecule is COc1ccc(N[C@H](c2ccc(Br)cc2)P(=O)(OC)OC)cc1. The van der Waals surface area contributed by atoms with Gasteiger partial charge in [-0.05, 0) is 42.0 Å². The van der Waals surface area contributed by atoms with Gasteiger partial charge in [-0.15, -0.1) is 0 Å². The van der Waals surface area contributed by atoms with Gasteiger partial charge in [0, 0.05) is 24.4 Å². The predicted octanol–water partition coefficient (Wildman–Crippen LogP) is 5.05. The molecule has 0 radical (unpaired) electrons. The van der Waals surface area contributed by atoms with Crippen LogP contribution in [0.25, 0.3) is 0 Å². The van der Waals surface area contributed by atoms with E-state index in [-0.39, 0.29) is 0 Å². The van der Waals surface area contributed by atoms with Crippen molar-refractivity contribution in [1.82, 2.24) is 0 Å². The summed E-state index contributed by atoms with van der Waals surface area (Å²) in [5.74, 6) is 0.122. The van der Waals surface area contributed by atoms with Gasteiger partial charge in [0.15, 0.2) is 5.78 Å². The van der Waals surface area contributed by atoms with Crippen molar-refractivity contribution in [3.05, 3.63) is 58.6 Å². The molecule has 1 N–H and O–H groups in total. The predicted molar refractivity (Wildman–Crippen MR) is 95.1 cm³/mol. The van der Waals surface area contributed by atoms with Crippen molar-refractivity contribution in [3.63, 3.8) is 0 Å². The fraction of sp³-hybridized carbons (Fsp3) is 0.250. The van der Waals surface area contributed by atoms with Gasteiger partial charge in [0.25, 0.3) is 0 Å². The molecule has 0 spiro atoms. The first-order valence-electron chi connectivity index (χ1n) is 6.89. The summed E-state index contributed by atoms with van der Waals surface area (Å²) in [5, 5.41) is 3.22. The molecular weight excluding hydrogens is 381 g/mol. The fourth-order valence-electron chi connectivity index (χ4n) is 2.12. The highest BCUT2D eigenvalue weighted by Gasteiger charge is 2.35. The third-order valence-corrected chi connectivity index (χ3v) is 6.01. The Morgan fingerprint density at radius 1 is 0.957 bits per heavy atom. The van der Waals surface area contributed by atoms with Crippen LogP contribution in [0, 0.1) is 0 Å². The van der Waals surface area contributed by atoms with Crippen LogP contribution in [0.4, 0.5) is 5.69 Å². The molecule has 0 fully saturated rings. The smallest absolute Gasteiger partial charge is 0.356 e. The van der Waals surface area contributed by atoms with E-state index in [0.29, 0.717) is 0 Å². The Labute approximate surface area is 144 Å². The largest absolute Gasteiger partial charge is 0.497 e. The summed E-state index contributed by atoms with van der Waals surface area (Å²) in [7, 11) is 1.000. The highest BCUT2D eigenvalue weighted by molar-refractivity contribution is 9.10. The number of hydrogen-bond acceptors (Lipinski definition) is 5. The highest BCUT2D eigenvalue weighted by atomic mass is 79.9. The van der Waals surface area contributed by atoms with Gasteiger partial charge >= 0.3 is 7.60 Å². The molecule has 0 aliphatic carbocycles. The molecule has 0 unspecified atom stereocenters. The monoisotopic (exact) mass is 399 g/mol. The summed E-state index contributed by atoms with van der Waals surface area (Å²) in [5.41, 5.74) is 1.59. The van der Waals surface area contributed by atoms with E-state index in [9.17, 15) is 4.57 Å². The normalized spacial score (nSPS) is 12.7. The van der Waals surface area contributed by atoms with Crippen LogP contribution in [0.1, 0.15) is 11.3 Å². The van der Waals surface area contributed by atoms with Crippen LogP contribution >= 0.6 is 23.5 Å². The zero-order chi connectivity index (χ0) is 16.9. The molecule has 5 nitrogen and oxygen atoms in total. The molecule has 0 aliphatic heterocycles. The molecule has 124 valence electrons. The number of nitrogens with one attached hydrogen (secondary N) is 1. The van der Waals surface area contributed by atoms with Crippen molar-refractivity contribution in [3.8, 4) is 5.75 Å². The van der Waals surface area contributed by atoms with E-state index in [1.165, 1.54) is 14.2 Å². The Morgan fingerprint density at radius 3 is 2.00 bits per heavy atom. The summed E-state index contributed by atoms with van der Waals surface area (Å²) in [4.78, 5) is 0. The van der Waals surface area contributed by atoms with E-state index in [0.717, 1.165) is 21.5 Å². The van der Waals surface area contributed by atoms with Crippen molar-refractivity contribution >= 4 is 29.2 Å². The Kier molecular flexibility index (Phi) is 6.25. The third-order valence-electron chi connectivity index (χ3n) is 3.40. The van der Waals surface area contributed by atoms with Gasteiger partial charge in [-0.1, -0.05) is 28.1 Å². The van der Waals surface area contributed by atoms with Crippen LogP contribution in [-0.4, -0.2) is 21.3 Å². The number of rotatable bonds is 7. The van der Waals surface area contributed by atoms with Crippen molar-refractivity contribution in [2.24, 2.45) is 0 Å². The van der Waals surface area contributed by atoms with Gasteiger partial charge < -0.3 is 19.1 Å². The van der Waals surface area contributed by atoms with E-state index in [4.69, 9.17) is 13.8 Å². The molecule has 0 heterocycles. The van der Waals surface area contributed by atoms with Gasteiger partial charge in [0.2, 0.25) is 0 Å². The van der Waals surface area contributed by atoms with Crippen LogP contribution in [0.2, 0.25) is 0 Å². The van der Waals surface area contributed by atoms with Gasteiger partial charge in [-0.2, -0.15) is 0 Å². The second-order valence-electron chi connectivity index (χ2n) is 4.73. The molecule has 0 bridgehead atoms. The van der Waals surface area contributed by atoms with Crippen molar-refractivity contribution in [2.75, 3.05) is 26.6 Å². The molecule has 2 aromatic carbocycles. The van der Waals surface area contributed by atoms with Crippen molar-refractivity contribution in [1.29, 1.82) is 0 Å². The summed E-state index contributed by atoms with van der Waals surface area (Å²) < 4.78 is 29.4. The number of anilines is 1. The Bertz CT molecular complexity index is 667. The van der Waals surface area contributed by atoms with E-state index in [1.807, 2.05) is 48.5 Å². The maximum absolute atomic E-state index is 12.9. The van der Waals surface area contributed by atoms with E-state index >= 15 is 0 Å². The van der Waals surface area contributed by atoms with E-state index in [2.05, 4.69) is 21.2 Å². The zero-order valence-corrected chi connectivity index (χ0v) is 15.6. The van der Waals surface area contributed by atoms with Gasteiger partial charge in [0.1, 0.15) is 5.75 Å². The number of halogens is 1. The second kappa shape index (κ2) is 7.97. The minimum absolute atomic E-state index is 0.626. The van der Waals surface area contributed by atoms with Crippen molar-refractivity contribution < 1.29 is 18.3 Å². The first kappa shape index (κ1) is 18.0. The third kappa shape index (κ3) is 4.36. The number of hydrogen-bond donors (Lipinski definition) is 1. The zero-order valence-electron chi connectivity index (χ0n) is 13.2. The summed E-state index contributed by atoms with van der Waals surface area (Å²) >= 11 is 3.40. The Morgan fingerprint density at radius 2 is 1.52 bits per heavy atom. The molecule has 2 aromatic rings. The molecule has 0 amide bonds. The average Bonchev–Trinajstić information content (AvgIpc) is 2.60. The summed E-state index contributed by atoms with van der Waals surface area (Å²) in [6.45, 7) is 0. The highest BCUT2D eigenvalue weighted by Crippen LogP contribution is 2.59. The van der Waals surface area contributed by atoms with E-state index in [1.54, 1.807) is 7.11 Å². The lowest BCUT2D eigenvalue weighted by molar-refractivity contribution is 0.268. The van der Waals surface area contributed by atoms with Crippen LogP contribution < -0.4 is 10.1 Å². The molecular formula is C16H19BrNO4P. The first-order valence-corrected chi connectivity index (χ1v) is 9.30. The van der Waals surface area contributed by atoms with Crippen molar-refractivity contribution in [2.45, 2.75) is 5.78 Å². The van der Waals surface area contributed by atoms with Crippen LogP contribution in [0.15, 0.2) is 53.0 Å². The van der Waals surface area contributed by atoms with Crippen LogP contribution in [-0.2, 0) is 13.6 Å². The van der Waals surface area contributed by atoms with E-state index < -0.39 is 13.4 Å². The second-order valence-corrected chi connectivity index (χ2v) is 7.97. The maximum Gasteiger partial charge on any atom is 0.356 e. The molecule has 0 saturated carbocycles. The molecule has 2 rings (SSSR count). The number of ether oxygens (including phenoxy) is 1. The molecule has 7 heteroatoms. The molecule has 1 atom stereocenters. The fourth-order valence-corrected chi connectivity index (χ4v) is 3.80. The Hall–Kier alpha value is -1.33. The van der Waals surface area contributed by atoms with Gasteiger partial charge in [-0.25, -0.2) is 0 Å².